The van der Waals surface area contributed by atoms with E-state index in [-0.39, 0.29) is 19.4 Å². The van der Waals surface area contributed by atoms with E-state index in [2.05, 4.69) is 0 Å². The third-order valence-electron chi connectivity index (χ3n) is 7.61. The van der Waals surface area contributed by atoms with Crippen LogP contribution in [0, 0.1) is 5.82 Å². The Labute approximate surface area is 266 Å². The Bertz CT molecular complexity index is 1140. The molecule has 1 aromatic heterocycles. The first-order valence-electron chi connectivity index (χ1n) is 15.9. The second-order valence-electron chi connectivity index (χ2n) is 11.5. The van der Waals surface area contributed by atoms with Gasteiger partial charge in [0.05, 0.1) is 25.0 Å². The average molecular weight is 693 g/mol. The Morgan fingerprint density at radius 1 is 1.00 bits per heavy atom. The quantitative estimate of drug-likeness (QED) is 0.0594. The summed E-state index contributed by atoms with van der Waals surface area (Å²) in [6.45, 7) is 1.40. The van der Waals surface area contributed by atoms with Gasteiger partial charge in [0, 0.05) is 18.6 Å². The molecule has 262 valence electrons. The highest BCUT2D eigenvalue weighted by molar-refractivity contribution is 7.99. The third-order valence-corrected chi connectivity index (χ3v) is 9.75. The van der Waals surface area contributed by atoms with Gasteiger partial charge in [-0.2, -0.15) is 29.3 Å². The fourth-order valence-electron chi connectivity index (χ4n) is 5.21. The van der Waals surface area contributed by atoms with Crippen LogP contribution in [0.3, 0.4) is 0 Å². The van der Waals surface area contributed by atoms with Gasteiger partial charge in [0.15, 0.2) is 0 Å². The number of unbranched alkanes of at least 4 members (excludes halogenated alkanes) is 13. The summed E-state index contributed by atoms with van der Waals surface area (Å²) in [5.41, 5.74) is -2.09. The van der Waals surface area contributed by atoms with E-state index in [4.69, 9.17) is 13.8 Å². The number of nitrogens with zero attached hydrogens (tertiary/aromatic N) is 1. The van der Waals surface area contributed by atoms with E-state index in [1.165, 1.54) is 39.0 Å². The summed E-state index contributed by atoms with van der Waals surface area (Å²) in [4.78, 5) is 35.1. The number of phosphoric ester groups is 1. The van der Waals surface area contributed by atoms with Crippen molar-refractivity contribution < 1.29 is 45.9 Å². The van der Waals surface area contributed by atoms with Gasteiger partial charge < -0.3 is 14.7 Å². The number of ether oxygens (including phenoxy) is 1. The number of phosphoric acid groups is 1. The Morgan fingerprint density at radius 2 is 1.53 bits per heavy atom. The maximum atomic E-state index is 13.6. The predicted octanol–water partition coefficient (Wildman–Crippen LogP) is 6.99. The van der Waals surface area contributed by atoms with Crippen molar-refractivity contribution >= 4 is 19.6 Å². The van der Waals surface area contributed by atoms with E-state index in [1.807, 2.05) is 4.98 Å². The van der Waals surface area contributed by atoms with E-state index >= 15 is 0 Å². The molecule has 10 nitrogen and oxygen atoms in total. The van der Waals surface area contributed by atoms with E-state index in [1.54, 1.807) is 11.8 Å². The maximum absolute atomic E-state index is 13.6. The number of halogens is 4. The van der Waals surface area contributed by atoms with Crippen molar-refractivity contribution in [3.8, 4) is 0 Å². The minimum Gasteiger partial charge on any atom is -0.390 e. The number of aliphatic hydroxyl groups excluding tert-OH is 1. The highest BCUT2D eigenvalue weighted by atomic mass is 32.2. The Kier molecular flexibility index (Phi) is 18.6. The lowest BCUT2D eigenvalue weighted by Gasteiger charge is -2.24. The summed E-state index contributed by atoms with van der Waals surface area (Å²) < 4.78 is 78.8. The molecule has 1 fully saturated rings. The number of aromatic nitrogens is 2. The predicted molar refractivity (Wildman–Crippen MR) is 165 cm³/mol. The zero-order chi connectivity index (χ0) is 33.3. The molecule has 1 aliphatic heterocycles. The molecule has 2 heterocycles. The lowest BCUT2D eigenvalue weighted by Crippen LogP contribution is -2.35. The zero-order valence-corrected chi connectivity index (χ0v) is 27.7. The van der Waals surface area contributed by atoms with Crippen molar-refractivity contribution in [1.82, 2.24) is 9.55 Å². The highest BCUT2D eigenvalue weighted by Crippen LogP contribution is 2.46. The molecule has 1 aromatic rings. The van der Waals surface area contributed by atoms with Crippen molar-refractivity contribution in [1.29, 1.82) is 0 Å². The van der Waals surface area contributed by atoms with E-state index < -0.39 is 62.0 Å². The minimum atomic E-state index is -4.46. The molecule has 0 radical (unpaired) electrons. The molecule has 2 rings (SSSR count). The van der Waals surface area contributed by atoms with Gasteiger partial charge in [0.25, 0.3) is 5.56 Å². The van der Waals surface area contributed by atoms with Crippen molar-refractivity contribution in [2.24, 2.45) is 0 Å². The second kappa shape index (κ2) is 20.9. The van der Waals surface area contributed by atoms with Crippen LogP contribution < -0.4 is 11.2 Å². The molecular weight excluding hydrogens is 643 g/mol. The Hall–Kier alpha value is -1.22. The van der Waals surface area contributed by atoms with Gasteiger partial charge >= 0.3 is 19.7 Å². The first-order valence-corrected chi connectivity index (χ1v) is 18.6. The first-order chi connectivity index (χ1) is 21.3. The Balaban J connectivity index is 1.43. The lowest BCUT2D eigenvalue weighted by molar-refractivity contribution is -0.135. The number of aliphatic hydroxyl groups is 1. The summed E-state index contributed by atoms with van der Waals surface area (Å²) in [6.07, 6.45) is 5.77. The summed E-state index contributed by atoms with van der Waals surface area (Å²) >= 11 is 1.61. The average Bonchev–Trinajstić information content (AvgIpc) is 3.34. The monoisotopic (exact) mass is 692 g/mol. The van der Waals surface area contributed by atoms with Gasteiger partial charge in [-0.05, 0) is 25.5 Å². The normalized spacial score (nSPS) is 20.8. The molecule has 1 unspecified atom stereocenters. The van der Waals surface area contributed by atoms with E-state index in [0.717, 1.165) is 55.3 Å². The van der Waals surface area contributed by atoms with E-state index in [0.29, 0.717) is 18.4 Å². The molecule has 0 spiro atoms. The molecule has 45 heavy (non-hydrogen) atoms. The van der Waals surface area contributed by atoms with Crippen LogP contribution in [0.2, 0.25) is 0 Å². The highest BCUT2D eigenvalue weighted by Gasteiger charge is 2.42. The lowest BCUT2D eigenvalue weighted by atomic mass is 10.0. The molecule has 0 amide bonds. The number of aromatic amines is 1. The summed E-state index contributed by atoms with van der Waals surface area (Å²) in [5.74, 6) is 0.211. The van der Waals surface area contributed by atoms with Crippen molar-refractivity contribution in [2.45, 2.75) is 140 Å². The second-order valence-corrected chi connectivity index (χ2v) is 14.2. The largest absolute Gasteiger partial charge is 0.472 e. The number of nitrogens with one attached hydrogen (secondary N) is 1. The number of H-pyrrole nitrogens is 1. The van der Waals surface area contributed by atoms with E-state index in [9.17, 15) is 41.7 Å². The number of alkyl halides is 3. The summed E-state index contributed by atoms with van der Waals surface area (Å²) in [7, 11) is -4.46. The topological polar surface area (TPSA) is 140 Å². The molecule has 0 aliphatic carbocycles. The number of hydrogen-bond donors (Lipinski definition) is 3. The fraction of sp³-hybridized carbons (Fsp3) is 0.862. The first kappa shape index (κ1) is 40.0. The molecule has 16 heteroatoms. The van der Waals surface area contributed by atoms with Crippen LogP contribution in [0.25, 0.3) is 0 Å². The number of rotatable bonds is 24. The van der Waals surface area contributed by atoms with Gasteiger partial charge in [-0.25, -0.2) is 9.36 Å². The van der Waals surface area contributed by atoms with Crippen LogP contribution in [0.15, 0.2) is 15.8 Å². The van der Waals surface area contributed by atoms with Crippen LogP contribution >= 0.6 is 19.6 Å². The van der Waals surface area contributed by atoms with Crippen LogP contribution in [0.5, 0.6) is 0 Å². The van der Waals surface area contributed by atoms with Gasteiger partial charge in [0.2, 0.25) is 5.82 Å². The molecule has 5 atom stereocenters. The van der Waals surface area contributed by atoms with Crippen LogP contribution in [0.4, 0.5) is 17.6 Å². The number of thioether (sulfide) groups is 1. The smallest absolute Gasteiger partial charge is 0.390 e. The van der Waals surface area contributed by atoms with Gasteiger partial charge in [-0.1, -0.05) is 77.0 Å². The molecular formula is C29H49F4N2O8PS. The molecule has 0 bridgehead atoms. The Morgan fingerprint density at radius 3 is 2.09 bits per heavy atom. The van der Waals surface area contributed by atoms with Crippen molar-refractivity contribution in [3.05, 3.63) is 32.9 Å². The SMILES string of the molecule is C[C@@H](OP(=O)(O)OCCSCCCCCCCCCCCCCCCCC(F)(F)F)[C@H]1O[C@@H](n2cc(F)c(=O)[nH]c2=O)C[C@@H]1O. The zero-order valence-electron chi connectivity index (χ0n) is 26.0. The van der Waals surface area contributed by atoms with Gasteiger partial charge in [0.1, 0.15) is 12.3 Å². The van der Waals surface area contributed by atoms with Crippen LogP contribution in [0.1, 0.15) is 116 Å². The van der Waals surface area contributed by atoms with Crippen molar-refractivity contribution in [3.63, 3.8) is 0 Å². The molecule has 1 aliphatic rings. The van der Waals surface area contributed by atoms with Gasteiger partial charge in [-0.3, -0.25) is 23.4 Å². The van der Waals surface area contributed by atoms with Gasteiger partial charge in [-0.15, -0.1) is 0 Å². The van der Waals surface area contributed by atoms with Crippen LogP contribution in [-0.2, 0) is 18.3 Å². The number of hydrogen-bond acceptors (Lipinski definition) is 8. The molecule has 0 aromatic carbocycles. The third kappa shape index (κ3) is 17.0. The molecule has 1 saturated heterocycles. The molecule has 3 N–H and O–H groups in total. The summed E-state index contributed by atoms with van der Waals surface area (Å²) in [5, 5.41) is 10.3. The van der Waals surface area contributed by atoms with Crippen molar-refractivity contribution in [2.75, 3.05) is 18.1 Å². The maximum Gasteiger partial charge on any atom is 0.472 e. The fourth-order valence-corrected chi connectivity index (χ4v) is 7.07. The summed E-state index contributed by atoms with van der Waals surface area (Å²) in [6, 6.07) is 0. The standard InChI is InChI=1S/C29H49F4N2O8PS/c1-22(26-24(36)20-25(42-26)35-21-23(30)27(37)34-28(35)38)43-44(39,40)41-17-19-45-18-15-13-11-9-7-5-3-2-4-6-8-10-12-14-16-29(31,32)33/h21-22,24-26,36H,2-20H2,1H3,(H,39,40)(H,34,37,38)/t22-,24+,25-,26-/m1/s1. The minimum absolute atomic E-state index is 0.00796. The van der Waals surface area contributed by atoms with Crippen LogP contribution in [-0.4, -0.2) is 62.2 Å². The molecule has 0 saturated carbocycles.